The third-order valence-corrected chi connectivity index (χ3v) is 3.55. The Balaban J connectivity index is 0.00000312. The zero-order chi connectivity index (χ0) is 17.5. The molecule has 0 saturated carbocycles. The van der Waals surface area contributed by atoms with Crippen LogP contribution in [0.4, 0.5) is 5.69 Å². The van der Waals surface area contributed by atoms with Crippen LogP contribution < -0.4 is 20.5 Å². The van der Waals surface area contributed by atoms with Gasteiger partial charge in [-0.3, -0.25) is 4.99 Å². The Morgan fingerprint density at radius 1 is 1.12 bits per heavy atom. The predicted octanol–water partition coefficient (Wildman–Crippen LogP) is 3.09. The van der Waals surface area contributed by atoms with Crippen LogP contribution in [0.5, 0.6) is 11.5 Å². The van der Waals surface area contributed by atoms with E-state index >= 15 is 0 Å². The lowest BCUT2D eigenvalue weighted by atomic mass is 10.1. The zero-order valence-corrected chi connectivity index (χ0v) is 16.9. The Morgan fingerprint density at radius 2 is 1.76 bits per heavy atom. The van der Waals surface area contributed by atoms with Crippen molar-refractivity contribution in [3.05, 3.63) is 53.6 Å². The van der Waals surface area contributed by atoms with Gasteiger partial charge in [0, 0.05) is 11.8 Å². The molecule has 2 aromatic rings. The summed E-state index contributed by atoms with van der Waals surface area (Å²) in [5, 5.41) is 13.1. The number of benzene rings is 2. The number of nitrogens with two attached hydrogens (primary N) is 1. The Hall–Kier alpha value is -2.00. The van der Waals surface area contributed by atoms with E-state index in [9.17, 15) is 5.11 Å². The van der Waals surface area contributed by atoms with Crippen molar-refractivity contribution in [3.8, 4) is 11.5 Å². The number of ether oxygens (including phenoxy) is 2. The van der Waals surface area contributed by atoms with Crippen LogP contribution in [-0.2, 0) is 0 Å². The van der Waals surface area contributed by atoms with E-state index in [0.29, 0.717) is 11.5 Å². The summed E-state index contributed by atoms with van der Waals surface area (Å²) >= 11 is 0. The Kier molecular flexibility index (Phi) is 8.50. The second-order valence-corrected chi connectivity index (χ2v) is 5.35. The molecule has 0 aromatic heterocycles. The van der Waals surface area contributed by atoms with Crippen LogP contribution in [0.25, 0.3) is 0 Å². The van der Waals surface area contributed by atoms with Gasteiger partial charge in [-0.05, 0) is 24.6 Å². The minimum atomic E-state index is -0.698. The van der Waals surface area contributed by atoms with Gasteiger partial charge < -0.3 is 25.6 Å². The summed E-state index contributed by atoms with van der Waals surface area (Å²) in [7, 11) is 3.14. The largest absolute Gasteiger partial charge is 0.493 e. The summed E-state index contributed by atoms with van der Waals surface area (Å²) in [5.41, 5.74) is 8.55. The number of hydrogen-bond donors (Lipinski definition) is 3. The van der Waals surface area contributed by atoms with Crippen LogP contribution in [0.2, 0.25) is 0 Å². The van der Waals surface area contributed by atoms with Crippen molar-refractivity contribution in [2.45, 2.75) is 13.0 Å². The summed E-state index contributed by atoms with van der Waals surface area (Å²) in [4.78, 5) is 4.18. The number of aliphatic hydroxyl groups is 1. The molecule has 0 radical (unpaired) electrons. The molecule has 0 aliphatic rings. The Morgan fingerprint density at radius 3 is 2.36 bits per heavy atom. The summed E-state index contributed by atoms with van der Waals surface area (Å²) in [6, 6.07) is 13.0. The Labute approximate surface area is 165 Å². The summed E-state index contributed by atoms with van der Waals surface area (Å²) in [6.07, 6.45) is -0.698. The molecule has 0 amide bonds. The van der Waals surface area contributed by atoms with E-state index < -0.39 is 6.10 Å². The summed E-state index contributed by atoms with van der Waals surface area (Å²) < 4.78 is 10.4. The molecule has 0 heterocycles. The highest BCUT2D eigenvalue weighted by atomic mass is 127. The number of aliphatic imine (C=N–C) groups is 1. The average Bonchev–Trinajstić information content (AvgIpc) is 2.60. The van der Waals surface area contributed by atoms with Crippen LogP contribution in [0.3, 0.4) is 0 Å². The second kappa shape index (κ2) is 10.1. The van der Waals surface area contributed by atoms with Crippen LogP contribution in [0, 0.1) is 6.92 Å². The number of rotatable bonds is 6. The van der Waals surface area contributed by atoms with Crippen molar-refractivity contribution in [2.75, 3.05) is 26.1 Å². The van der Waals surface area contributed by atoms with Gasteiger partial charge in [-0.25, -0.2) is 0 Å². The molecule has 1 atom stereocenters. The molecule has 0 spiro atoms. The molecule has 1 unspecified atom stereocenters. The number of methoxy groups -OCH3 is 2. The van der Waals surface area contributed by atoms with Gasteiger partial charge in [0.2, 0.25) is 0 Å². The number of guanidine groups is 1. The van der Waals surface area contributed by atoms with Gasteiger partial charge in [-0.1, -0.05) is 29.8 Å². The molecular formula is C18H24IN3O3. The average molecular weight is 457 g/mol. The second-order valence-electron chi connectivity index (χ2n) is 5.35. The molecular weight excluding hydrogens is 433 g/mol. The number of nitrogens with one attached hydrogen (secondary N) is 1. The van der Waals surface area contributed by atoms with Crippen LogP contribution in [0.1, 0.15) is 17.2 Å². The molecule has 2 rings (SSSR count). The highest BCUT2D eigenvalue weighted by Crippen LogP contribution is 2.29. The zero-order valence-electron chi connectivity index (χ0n) is 14.5. The first-order valence-electron chi connectivity index (χ1n) is 7.57. The van der Waals surface area contributed by atoms with Crippen LogP contribution >= 0.6 is 24.0 Å². The van der Waals surface area contributed by atoms with E-state index in [2.05, 4.69) is 10.3 Å². The van der Waals surface area contributed by atoms with E-state index in [-0.39, 0.29) is 36.5 Å². The first-order valence-corrected chi connectivity index (χ1v) is 7.57. The summed E-state index contributed by atoms with van der Waals surface area (Å²) in [5.74, 6) is 1.44. The maximum absolute atomic E-state index is 10.1. The minimum absolute atomic E-state index is 0. The van der Waals surface area contributed by atoms with Gasteiger partial charge >= 0.3 is 0 Å². The number of halogens is 1. The molecule has 7 heteroatoms. The topological polar surface area (TPSA) is 89.1 Å². The fraction of sp³-hybridized carbons (Fsp3) is 0.278. The van der Waals surface area contributed by atoms with Crippen molar-refractivity contribution in [2.24, 2.45) is 10.7 Å². The number of hydrogen-bond acceptors (Lipinski definition) is 4. The van der Waals surface area contributed by atoms with Gasteiger partial charge in [-0.15, -0.1) is 24.0 Å². The number of aliphatic hydroxyl groups excluding tert-OH is 1. The molecule has 4 N–H and O–H groups in total. The molecule has 0 aliphatic carbocycles. The van der Waals surface area contributed by atoms with Crippen molar-refractivity contribution < 1.29 is 14.6 Å². The molecule has 136 valence electrons. The fourth-order valence-corrected chi connectivity index (χ4v) is 2.18. The highest BCUT2D eigenvalue weighted by molar-refractivity contribution is 14.0. The molecule has 0 fully saturated rings. The van der Waals surface area contributed by atoms with Crippen molar-refractivity contribution in [1.82, 2.24) is 0 Å². The van der Waals surface area contributed by atoms with Gasteiger partial charge in [-0.2, -0.15) is 0 Å². The third kappa shape index (κ3) is 6.09. The molecule has 0 aliphatic heterocycles. The third-order valence-electron chi connectivity index (χ3n) is 3.55. The lowest BCUT2D eigenvalue weighted by molar-refractivity contribution is 0.187. The monoisotopic (exact) mass is 457 g/mol. The molecule has 0 bridgehead atoms. The quantitative estimate of drug-likeness (QED) is 0.353. The lowest BCUT2D eigenvalue weighted by Crippen LogP contribution is -2.23. The lowest BCUT2D eigenvalue weighted by Gasteiger charge is -2.12. The van der Waals surface area contributed by atoms with Crippen LogP contribution in [-0.4, -0.2) is 31.8 Å². The SMILES string of the molecule is COc1ccc(NC(N)=NCC(O)c2ccc(C)cc2)cc1OC.I. The maximum Gasteiger partial charge on any atom is 0.193 e. The van der Waals surface area contributed by atoms with Crippen LogP contribution in [0.15, 0.2) is 47.5 Å². The molecule has 0 saturated heterocycles. The predicted molar refractivity (Wildman–Crippen MR) is 111 cm³/mol. The smallest absolute Gasteiger partial charge is 0.193 e. The number of nitrogens with zero attached hydrogens (tertiary/aromatic N) is 1. The van der Waals surface area contributed by atoms with Gasteiger partial charge in [0.05, 0.1) is 26.9 Å². The van der Waals surface area contributed by atoms with Gasteiger partial charge in [0.15, 0.2) is 17.5 Å². The van der Waals surface area contributed by atoms with Crippen molar-refractivity contribution in [3.63, 3.8) is 0 Å². The van der Waals surface area contributed by atoms with E-state index in [0.717, 1.165) is 16.8 Å². The van der Waals surface area contributed by atoms with E-state index in [1.54, 1.807) is 32.4 Å². The van der Waals surface area contributed by atoms with Crippen molar-refractivity contribution >= 4 is 35.6 Å². The molecule has 6 nitrogen and oxygen atoms in total. The minimum Gasteiger partial charge on any atom is -0.493 e. The fourth-order valence-electron chi connectivity index (χ4n) is 2.18. The van der Waals surface area contributed by atoms with E-state index in [1.807, 2.05) is 31.2 Å². The normalized spacial score (nSPS) is 12.1. The summed E-state index contributed by atoms with van der Waals surface area (Å²) in [6.45, 7) is 2.18. The molecule has 25 heavy (non-hydrogen) atoms. The Bertz CT molecular complexity index is 705. The van der Waals surface area contributed by atoms with E-state index in [1.165, 1.54) is 0 Å². The first kappa shape index (κ1) is 21.0. The molecule has 2 aromatic carbocycles. The van der Waals surface area contributed by atoms with E-state index in [4.69, 9.17) is 15.2 Å². The first-order chi connectivity index (χ1) is 11.5. The number of anilines is 1. The standard InChI is InChI=1S/C18H23N3O3.HI/c1-12-4-6-13(7-5-12)15(22)11-20-18(19)21-14-8-9-16(23-2)17(10-14)24-3;/h4-10,15,22H,11H2,1-3H3,(H3,19,20,21);1H. The number of aryl methyl sites for hydroxylation is 1. The van der Waals surface area contributed by atoms with Crippen molar-refractivity contribution in [1.29, 1.82) is 0 Å². The maximum atomic E-state index is 10.1. The highest BCUT2D eigenvalue weighted by Gasteiger charge is 2.08. The van der Waals surface area contributed by atoms with Gasteiger partial charge in [0.25, 0.3) is 0 Å². The van der Waals surface area contributed by atoms with Gasteiger partial charge in [0.1, 0.15) is 0 Å².